The fourth-order valence-corrected chi connectivity index (χ4v) is 1.08. The average Bonchev–Trinajstić information content (AvgIpc) is 2.15. The van der Waals surface area contributed by atoms with Crippen LogP contribution in [0.15, 0.2) is 6.07 Å². The summed E-state index contributed by atoms with van der Waals surface area (Å²) in [6.45, 7) is 0. The first-order valence-corrected chi connectivity index (χ1v) is 3.97. The van der Waals surface area contributed by atoms with Crippen LogP contribution < -0.4 is 10.5 Å². The molecule has 0 bridgehead atoms. The predicted molar refractivity (Wildman–Crippen MR) is 45.2 cm³/mol. The third kappa shape index (κ3) is 2.31. The number of ether oxygens (including phenoxy) is 1. The number of pyridine rings is 1. The van der Waals surface area contributed by atoms with E-state index in [2.05, 4.69) is 9.72 Å². The van der Waals surface area contributed by atoms with Crippen molar-refractivity contribution < 1.29 is 26.7 Å². The van der Waals surface area contributed by atoms with Gasteiger partial charge in [-0.1, -0.05) is 0 Å². The van der Waals surface area contributed by atoms with Gasteiger partial charge in [0.05, 0.1) is 12.7 Å². The van der Waals surface area contributed by atoms with Gasteiger partial charge in [0.25, 0.3) is 6.43 Å². The Morgan fingerprint density at radius 2 is 1.94 bits per heavy atom. The van der Waals surface area contributed by atoms with Crippen LogP contribution in [0.4, 0.5) is 27.8 Å². The van der Waals surface area contributed by atoms with E-state index in [1.165, 1.54) is 0 Å². The number of methoxy groups -OCH3 is 1. The van der Waals surface area contributed by atoms with Gasteiger partial charge in [0.15, 0.2) is 17.3 Å². The SMILES string of the molecule is COc1cc(C(F)F)c(C(F)(F)F)nc1N. The molecule has 0 amide bonds. The van der Waals surface area contributed by atoms with Gasteiger partial charge < -0.3 is 10.5 Å². The molecule has 0 radical (unpaired) electrons. The standard InChI is InChI=1S/C8H7F5N2O/c1-16-4-2-3(6(9)10)5(8(11,12)13)15-7(4)14/h2,6H,1H3,(H2,14,15). The van der Waals surface area contributed by atoms with E-state index in [1.54, 1.807) is 0 Å². The van der Waals surface area contributed by atoms with Crippen molar-refractivity contribution in [2.24, 2.45) is 0 Å². The second kappa shape index (κ2) is 4.11. The molecule has 0 atom stereocenters. The van der Waals surface area contributed by atoms with E-state index in [9.17, 15) is 22.0 Å². The molecule has 0 aromatic carbocycles. The number of alkyl halides is 5. The number of nitrogens with zero attached hydrogens (tertiary/aromatic N) is 1. The fraction of sp³-hybridized carbons (Fsp3) is 0.375. The second-order valence-corrected chi connectivity index (χ2v) is 2.81. The van der Waals surface area contributed by atoms with E-state index < -0.39 is 29.7 Å². The average molecular weight is 242 g/mol. The van der Waals surface area contributed by atoms with Crippen molar-refractivity contribution in [2.45, 2.75) is 12.6 Å². The van der Waals surface area contributed by atoms with Crippen LogP contribution in [-0.2, 0) is 6.18 Å². The van der Waals surface area contributed by atoms with Crippen LogP contribution >= 0.6 is 0 Å². The van der Waals surface area contributed by atoms with Crippen molar-refractivity contribution in [3.8, 4) is 5.75 Å². The summed E-state index contributed by atoms with van der Waals surface area (Å²) in [7, 11) is 1.09. The van der Waals surface area contributed by atoms with Gasteiger partial charge in [-0.3, -0.25) is 0 Å². The minimum Gasteiger partial charge on any atom is -0.493 e. The molecule has 0 saturated carbocycles. The Hall–Kier alpha value is -1.60. The summed E-state index contributed by atoms with van der Waals surface area (Å²) in [5.74, 6) is -0.900. The summed E-state index contributed by atoms with van der Waals surface area (Å²) in [4.78, 5) is 2.88. The minimum absolute atomic E-state index is 0.316. The number of halogens is 5. The van der Waals surface area contributed by atoms with E-state index in [4.69, 9.17) is 5.73 Å². The molecular formula is C8H7F5N2O. The Bertz CT molecular complexity index is 391. The van der Waals surface area contributed by atoms with Gasteiger partial charge in [0.1, 0.15) is 0 Å². The molecule has 90 valence electrons. The molecule has 0 saturated heterocycles. The Morgan fingerprint density at radius 1 is 1.38 bits per heavy atom. The van der Waals surface area contributed by atoms with Crippen molar-refractivity contribution in [3.63, 3.8) is 0 Å². The molecule has 0 aliphatic rings. The van der Waals surface area contributed by atoms with Gasteiger partial charge in [0.2, 0.25) is 0 Å². The van der Waals surface area contributed by atoms with E-state index >= 15 is 0 Å². The van der Waals surface area contributed by atoms with Gasteiger partial charge in [-0.05, 0) is 6.07 Å². The number of nitrogen functional groups attached to an aromatic ring is 1. The number of hydrogen-bond donors (Lipinski definition) is 1. The molecule has 16 heavy (non-hydrogen) atoms. The lowest BCUT2D eigenvalue weighted by atomic mass is 10.2. The van der Waals surface area contributed by atoms with Crippen molar-refractivity contribution in [1.82, 2.24) is 4.98 Å². The molecule has 1 heterocycles. The summed E-state index contributed by atoms with van der Waals surface area (Å²) < 4.78 is 66.3. The maximum atomic E-state index is 12.4. The highest BCUT2D eigenvalue weighted by atomic mass is 19.4. The molecule has 0 aliphatic heterocycles. The molecule has 0 fully saturated rings. The molecule has 1 aromatic heterocycles. The first kappa shape index (κ1) is 12.5. The maximum absolute atomic E-state index is 12.4. The van der Waals surface area contributed by atoms with Gasteiger partial charge in [0, 0.05) is 0 Å². The van der Waals surface area contributed by atoms with Crippen molar-refractivity contribution >= 4 is 5.82 Å². The van der Waals surface area contributed by atoms with Gasteiger partial charge in [-0.25, -0.2) is 13.8 Å². The molecule has 1 aromatic rings. The number of nitrogens with two attached hydrogens (primary N) is 1. The van der Waals surface area contributed by atoms with Crippen molar-refractivity contribution in [3.05, 3.63) is 17.3 Å². The van der Waals surface area contributed by atoms with Crippen LogP contribution in [0.2, 0.25) is 0 Å². The highest BCUT2D eigenvalue weighted by Gasteiger charge is 2.38. The lowest BCUT2D eigenvalue weighted by Crippen LogP contribution is -2.14. The van der Waals surface area contributed by atoms with E-state index in [-0.39, 0.29) is 5.75 Å². The third-order valence-corrected chi connectivity index (χ3v) is 1.77. The normalized spacial score (nSPS) is 11.9. The fourth-order valence-electron chi connectivity index (χ4n) is 1.08. The lowest BCUT2D eigenvalue weighted by Gasteiger charge is -2.13. The summed E-state index contributed by atoms with van der Waals surface area (Å²) in [6.07, 6.45) is -8.29. The smallest absolute Gasteiger partial charge is 0.433 e. The Balaban J connectivity index is 3.42. The van der Waals surface area contributed by atoms with E-state index in [0.29, 0.717) is 6.07 Å². The van der Waals surface area contributed by atoms with Gasteiger partial charge >= 0.3 is 6.18 Å². The molecule has 0 aliphatic carbocycles. The molecule has 8 heteroatoms. The van der Waals surface area contributed by atoms with E-state index in [1.807, 2.05) is 0 Å². The summed E-state index contributed by atoms with van der Waals surface area (Å²) >= 11 is 0. The predicted octanol–water partition coefficient (Wildman–Crippen LogP) is 2.63. The number of hydrogen-bond acceptors (Lipinski definition) is 3. The van der Waals surface area contributed by atoms with Crippen molar-refractivity contribution in [1.29, 1.82) is 0 Å². The van der Waals surface area contributed by atoms with Gasteiger partial charge in [-0.15, -0.1) is 0 Å². The molecule has 1 rings (SSSR count). The Labute approximate surface area is 87.0 Å². The third-order valence-electron chi connectivity index (χ3n) is 1.77. The zero-order chi connectivity index (χ0) is 12.5. The summed E-state index contributed by atoms with van der Waals surface area (Å²) in [6, 6.07) is 0.538. The highest BCUT2D eigenvalue weighted by Crippen LogP contribution is 2.38. The Kier molecular flexibility index (Phi) is 3.20. The van der Waals surface area contributed by atoms with Crippen LogP contribution in [0.1, 0.15) is 17.7 Å². The zero-order valence-electron chi connectivity index (χ0n) is 7.98. The zero-order valence-corrected chi connectivity index (χ0v) is 7.98. The van der Waals surface area contributed by atoms with Crippen LogP contribution in [0.5, 0.6) is 5.75 Å². The van der Waals surface area contributed by atoms with Gasteiger partial charge in [-0.2, -0.15) is 13.2 Å². The maximum Gasteiger partial charge on any atom is 0.433 e. The van der Waals surface area contributed by atoms with Crippen LogP contribution in [0, 0.1) is 0 Å². The molecule has 3 nitrogen and oxygen atoms in total. The number of rotatable bonds is 2. The summed E-state index contributed by atoms with van der Waals surface area (Å²) in [5.41, 5.74) is 2.17. The highest BCUT2D eigenvalue weighted by molar-refractivity contribution is 5.50. The summed E-state index contributed by atoms with van der Waals surface area (Å²) in [5, 5.41) is 0. The van der Waals surface area contributed by atoms with Crippen LogP contribution in [0.25, 0.3) is 0 Å². The van der Waals surface area contributed by atoms with E-state index in [0.717, 1.165) is 7.11 Å². The van der Waals surface area contributed by atoms with Crippen molar-refractivity contribution in [2.75, 3.05) is 12.8 Å². The molecular weight excluding hydrogens is 235 g/mol. The van der Waals surface area contributed by atoms with Crippen LogP contribution in [0.3, 0.4) is 0 Å². The Morgan fingerprint density at radius 3 is 2.31 bits per heavy atom. The first-order valence-electron chi connectivity index (χ1n) is 3.97. The minimum atomic E-state index is -4.98. The molecule has 0 unspecified atom stereocenters. The topological polar surface area (TPSA) is 48.1 Å². The molecule has 2 N–H and O–H groups in total. The first-order chi connectivity index (χ1) is 7.27. The number of anilines is 1. The monoisotopic (exact) mass is 242 g/mol. The quantitative estimate of drug-likeness (QED) is 0.811. The second-order valence-electron chi connectivity index (χ2n) is 2.81. The lowest BCUT2D eigenvalue weighted by molar-refractivity contribution is -0.143. The largest absolute Gasteiger partial charge is 0.493 e. The molecule has 0 spiro atoms. The van der Waals surface area contributed by atoms with Crippen LogP contribution in [-0.4, -0.2) is 12.1 Å². The number of aromatic nitrogens is 1.